The van der Waals surface area contributed by atoms with Crippen molar-refractivity contribution < 1.29 is 26.4 Å². The van der Waals surface area contributed by atoms with E-state index in [4.69, 9.17) is 0 Å². The molecular formula is C17H23F3N2O3S. The van der Waals surface area contributed by atoms with Crippen molar-refractivity contribution in [1.29, 1.82) is 0 Å². The third-order valence-corrected chi connectivity index (χ3v) is 6.44. The molecule has 0 aromatic heterocycles. The fraction of sp³-hybridized carbons (Fsp3) is 0.588. The summed E-state index contributed by atoms with van der Waals surface area (Å²) in [7, 11) is -3.38. The number of carbonyl (C=O) groups is 1. The average Bonchev–Trinajstić information content (AvgIpc) is 2.54. The molecule has 146 valence electrons. The number of hydrogen-bond donors (Lipinski definition) is 2. The molecule has 1 aromatic carbocycles. The number of nitrogens with one attached hydrogen (secondary N) is 2. The quantitative estimate of drug-likeness (QED) is 0.805. The SMILES string of the molecule is CC(C)S(=O)(=O)NC1CCC(C(=O)Nc2ccccc2C(F)(F)F)CC1. The Hall–Kier alpha value is -1.61. The van der Waals surface area contributed by atoms with Crippen LogP contribution in [0.1, 0.15) is 45.1 Å². The first-order valence-electron chi connectivity index (χ1n) is 8.49. The van der Waals surface area contributed by atoms with E-state index in [1.54, 1.807) is 13.8 Å². The minimum absolute atomic E-state index is 0.242. The van der Waals surface area contributed by atoms with Gasteiger partial charge >= 0.3 is 6.18 Å². The maximum Gasteiger partial charge on any atom is 0.418 e. The lowest BCUT2D eigenvalue weighted by atomic mass is 9.86. The monoisotopic (exact) mass is 392 g/mol. The molecule has 2 N–H and O–H groups in total. The molecule has 1 aliphatic carbocycles. The molecule has 9 heteroatoms. The van der Waals surface area contributed by atoms with Crippen molar-refractivity contribution in [3.8, 4) is 0 Å². The molecule has 1 aromatic rings. The molecule has 0 radical (unpaired) electrons. The van der Waals surface area contributed by atoms with Crippen LogP contribution >= 0.6 is 0 Å². The molecule has 0 atom stereocenters. The molecule has 1 amide bonds. The second-order valence-electron chi connectivity index (χ2n) is 6.79. The number of rotatable bonds is 5. The third kappa shape index (κ3) is 5.20. The number of benzene rings is 1. The zero-order valence-electron chi connectivity index (χ0n) is 14.6. The lowest BCUT2D eigenvalue weighted by molar-refractivity contribution is -0.137. The van der Waals surface area contributed by atoms with E-state index in [9.17, 15) is 26.4 Å². The summed E-state index contributed by atoms with van der Waals surface area (Å²) in [6.07, 6.45) is -2.75. The minimum Gasteiger partial charge on any atom is -0.325 e. The summed E-state index contributed by atoms with van der Waals surface area (Å²) in [5.74, 6) is -0.900. The van der Waals surface area contributed by atoms with Gasteiger partial charge in [0.2, 0.25) is 15.9 Å². The van der Waals surface area contributed by atoms with Gasteiger partial charge in [0, 0.05) is 12.0 Å². The van der Waals surface area contributed by atoms with Gasteiger partial charge in [-0.3, -0.25) is 4.79 Å². The standard InChI is InChI=1S/C17H23F3N2O3S/c1-11(2)26(24,25)22-13-9-7-12(8-10-13)16(23)21-15-6-4-3-5-14(15)17(18,19)20/h3-6,11-13,22H,7-10H2,1-2H3,(H,21,23). The molecule has 0 saturated heterocycles. The van der Waals surface area contributed by atoms with E-state index in [2.05, 4.69) is 10.0 Å². The predicted molar refractivity (Wildman–Crippen MR) is 93.0 cm³/mol. The Labute approximate surface area is 151 Å². The van der Waals surface area contributed by atoms with E-state index in [0.29, 0.717) is 25.7 Å². The van der Waals surface area contributed by atoms with Crippen LogP contribution in [-0.4, -0.2) is 25.6 Å². The summed E-state index contributed by atoms with van der Waals surface area (Å²) < 4.78 is 65.4. The van der Waals surface area contributed by atoms with Gasteiger partial charge in [-0.2, -0.15) is 13.2 Å². The lowest BCUT2D eigenvalue weighted by Gasteiger charge is -2.29. The molecule has 1 saturated carbocycles. The van der Waals surface area contributed by atoms with Crippen molar-refractivity contribution in [3.63, 3.8) is 0 Å². The van der Waals surface area contributed by atoms with Crippen LogP contribution in [0.15, 0.2) is 24.3 Å². The van der Waals surface area contributed by atoms with E-state index in [-0.39, 0.29) is 11.7 Å². The molecule has 0 aliphatic heterocycles. The minimum atomic E-state index is -4.54. The Kier molecular flexibility index (Phi) is 6.33. The summed E-state index contributed by atoms with van der Waals surface area (Å²) in [5.41, 5.74) is -1.14. The van der Waals surface area contributed by atoms with Crippen LogP contribution in [0.25, 0.3) is 0 Å². The van der Waals surface area contributed by atoms with Gasteiger partial charge in [-0.1, -0.05) is 12.1 Å². The number of alkyl halides is 3. The van der Waals surface area contributed by atoms with Crippen LogP contribution in [0.2, 0.25) is 0 Å². The fourth-order valence-corrected chi connectivity index (χ4v) is 3.89. The van der Waals surface area contributed by atoms with Crippen LogP contribution in [-0.2, 0) is 21.0 Å². The predicted octanol–water partition coefficient (Wildman–Crippen LogP) is 3.53. The highest BCUT2D eigenvalue weighted by Gasteiger charge is 2.35. The zero-order valence-corrected chi connectivity index (χ0v) is 15.5. The molecule has 0 spiro atoms. The van der Waals surface area contributed by atoms with Gasteiger partial charge in [-0.15, -0.1) is 0 Å². The number of sulfonamides is 1. The van der Waals surface area contributed by atoms with Gasteiger partial charge < -0.3 is 5.32 Å². The smallest absolute Gasteiger partial charge is 0.325 e. The Balaban J connectivity index is 1.96. The third-order valence-electron chi connectivity index (χ3n) is 4.54. The van der Waals surface area contributed by atoms with Crippen molar-refractivity contribution >= 4 is 21.6 Å². The second-order valence-corrected chi connectivity index (χ2v) is 9.06. The Morgan fingerprint density at radius 3 is 2.23 bits per heavy atom. The zero-order chi connectivity index (χ0) is 19.5. The largest absolute Gasteiger partial charge is 0.418 e. The van der Waals surface area contributed by atoms with E-state index in [1.807, 2.05) is 0 Å². The molecule has 1 fully saturated rings. The van der Waals surface area contributed by atoms with Crippen molar-refractivity contribution in [1.82, 2.24) is 4.72 Å². The highest BCUT2D eigenvalue weighted by molar-refractivity contribution is 7.90. The number of para-hydroxylation sites is 1. The number of anilines is 1. The van der Waals surface area contributed by atoms with E-state index < -0.39 is 38.8 Å². The molecule has 1 aliphatic rings. The summed E-state index contributed by atoms with van der Waals surface area (Å²) in [6.45, 7) is 3.17. The molecule has 0 bridgehead atoms. The normalized spacial score (nSPS) is 21.6. The Morgan fingerprint density at radius 1 is 1.12 bits per heavy atom. The summed E-state index contributed by atoms with van der Waals surface area (Å²) in [6, 6.07) is 4.61. The van der Waals surface area contributed by atoms with Gasteiger partial charge in [-0.05, 0) is 51.7 Å². The average molecular weight is 392 g/mol. The number of hydrogen-bond acceptors (Lipinski definition) is 3. The first kappa shape index (κ1) is 20.7. The Bertz CT molecular complexity index is 740. The molecular weight excluding hydrogens is 369 g/mol. The van der Waals surface area contributed by atoms with E-state index in [1.165, 1.54) is 18.2 Å². The Morgan fingerprint density at radius 2 is 1.69 bits per heavy atom. The number of halogens is 3. The molecule has 26 heavy (non-hydrogen) atoms. The second kappa shape index (κ2) is 7.96. The van der Waals surface area contributed by atoms with E-state index >= 15 is 0 Å². The van der Waals surface area contributed by atoms with Crippen LogP contribution in [0, 0.1) is 5.92 Å². The molecule has 0 heterocycles. The van der Waals surface area contributed by atoms with Crippen molar-refractivity contribution in [2.75, 3.05) is 5.32 Å². The lowest BCUT2D eigenvalue weighted by Crippen LogP contribution is -2.42. The van der Waals surface area contributed by atoms with Gasteiger partial charge in [0.15, 0.2) is 0 Å². The van der Waals surface area contributed by atoms with Crippen molar-refractivity contribution in [3.05, 3.63) is 29.8 Å². The van der Waals surface area contributed by atoms with Gasteiger partial charge in [-0.25, -0.2) is 13.1 Å². The van der Waals surface area contributed by atoms with Crippen molar-refractivity contribution in [2.45, 2.75) is 57.0 Å². The van der Waals surface area contributed by atoms with Crippen LogP contribution in [0.4, 0.5) is 18.9 Å². The number of carbonyl (C=O) groups excluding carboxylic acids is 1. The van der Waals surface area contributed by atoms with Gasteiger partial charge in [0.05, 0.1) is 16.5 Å². The van der Waals surface area contributed by atoms with Gasteiger partial charge in [0.25, 0.3) is 0 Å². The summed E-state index contributed by atoms with van der Waals surface area (Å²) in [5, 5.41) is 1.83. The molecule has 0 unspecified atom stereocenters. The van der Waals surface area contributed by atoms with Crippen LogP contribution < -0.4 is 10.0 Å². The van der Waals surface area contributed by atoms with Crippen LogP contribution in [0.5, 0.6) is 0 Å². The fourth-order valence-electron chi connectivity index (χ4n) is 2.92. The van der Waals surface area contributed by atoms with E-state index in [0.717, 1.165) is 6.07 Å². The first-order valence-corrected chi connectivity index (χ1v) is 10.0. The summed E-state index contributed by atoms with van der Waals surface area (Å²) in [4.78, 5) is 12.3. The topological polar surface area (TPSA) is 75.3 Å². The highest BCUT2D eigenvalue weighted by atomic mass is 32.2. The maximum atomic E-state index is 13.0. The highest BCUT2D eigenvalue weighted by Crippen LogP contribution is 2.35. The molecule has 5 nitrogen and oxygen atoms in total. The first-order chi connectivity index (χ1) is 12.0. The van der Waals surface area contributed by atoms with Gasteiger partial charge in [0.1, 0.15) is 0 Å². The maximum absolute atomic E-state index is 13.0. The summed E-state index contributed by atoms with van der Waals surface area (Å²) >= 11 is 0. The van der Waals surface area contributed by atoms with Crippen LogP contribution in [0.3, 0.4) is 0 Å². The van der Waals surface area contributed by atoms with Crippen molar-refractivity contribution in [2.24, 2.45) is 5.92 Å². The molecule has 2 rings (SSSR count). The number of amides is 1.